The van der Waals surface area contributed by atoms with E-state index in [0.29, 0.717) is 26.0 Å². The molecule has 0 saturated carbocycles. The third-order valence-corrected chi connectivity index (χ3v) is 3.85. The molecule has 1 heterocycles. The molecule has 0 aliphatic carbocycles. The molecular weight excluding hydrogens is 240 g/mol. The number of amides is 1. The van der Waals surface area contributed by atoms with Gasteiger partial charge in [-0.3, -0.25) is 4.79 Å². The van der Waals surface area contributed by atoms with Crippen LogP contribution in [0, 0.1) is 16.7 Å². The summed E-state index contributed by atoms with van der Waals surface area (Å²) < 4.78 is 5.56. The lowest BCUT2D eigenvalue weighted by Gasteiger charge is -2.41. The van der Waals surface area contributed by atoms with E-state index in [2.05, 4.69) is 6.07 Å². The second kappa shape index (κ2) is 6.91. The van der Waals surface area contributed by atoms with E-state index in [9.17, 15) is 10.1 Å². The molecule has 1 amide bonds. The molecule has 2 unspecified atom stereocenters. The Morgan fingerprint density at radius 3 is 2.42 bits per heavy atom. The molecular formula is C15H26N2O2. The fourth-order valence-corrected chi connectivity index (χ4v) is 2.81. The number of morpholine rings is 1. The van der Waals surface area contributed by atoms with Crippen LogP contribution in [-0.4, -0.2) is 36.1 Å². The molecule has 4 heteroatoms. The van der Waals surface area contributed by atoms with Gasteiger partial charge in [-0.25, -0.2) is 0 Å². The Balaban J connectivity index is 2.95. The van der Waals surface area contributed by atoms with Crippen LogP contribution in [0.2, 0.25) is 0 Å². The highest BCUT2D eigenvalue weighted by Gasteiger charge is 2.42. The third kappa shape index (κ3) is 3.48. The van der Waals surface area contributed by atoms with Gasteiger partial charge in [0.15, 0.2) is 0 Å². The Bertz CT molecular complexity index is 343. The minimum Gasteiger partial charge on any atom is -0.375 e. The van der Waals surface area contributed by atoms with E-state index in [1.807, 2.05) is 32.6 Å². The monoisotopic (exact) mass is 266 g/mol. The molecule has 1 aliphatic rings. The summed E-state index contributed by atoms with van der Waals surface area (Å²) in [5, 5.41) is 9.56. The first-order valence-electron chi connectivity index (χ1n) is 7.34. The summed E-state index contributed by atoms with van der Waals surface area (Å²) >= 11 is 0. The Hall–Kier alpha value is -1.08. The van der Waals surface area contributed by atoms with Gasteiger partial charge in [-0.15, -0.1) is 0 Å². The van der Waals surface area contributed by atoms with E-state index < -0.39 is 5.41 Å². The largest absolute Gasteiger partial charge is 0.375 e. The molecule has 0 aromatic rings. The highest BCUT2D eigenvalue weighted by atomic mass is 16.5. The first-order valence-corrected chi connectivity index (χ1v) is 7.34. The van der Waals surface area contributed by atoms with Crippen molar-refractivity contribution in [1.82, 2.24) is 4.90 Å². The zero-order chi connectivity index (χ0) is 14.5. The minimum atomic E-state index is -0.838. The number of ether oxygens (including phenoxy) is 1. The maximum absolute atomic E-state index is 12.8. The first kappa shape index (κ1) is 16.0. The van der Waals surface area contributed by atoms with Gasteiger partial charge in [0, 0.05) is 6.54 Å². The van der Waals surface area contributed by atoms with Crippen molar-refractivity contribution >= 4 is 5.91 Å². The van der Waals surface area contributed by atoms with Gasteiger partial charge in [0.05, 0.1) is 24.8 Å². The van der Waals surface area contributed by atoms with Crippen LogP contribution in [0.1, 0.15) is 53.4 Å². The van der Waals surface area contributed by atoms with Crippen LogP contribution in [0.4, 0.5) is 0 Å². The van der Waals surface area contributed by atoms with Crippen LogP contribution < -0.4 is 0 Å². The molecule has 0 N–H and O–H groups in total. The Morgan fingerprint density at radius 1 is 1.37 bits per heavy atom. The molecule has 0 aromatic carbocycles. The second-order valence-electron chi connectivity index (χ2n) is 5.64. The molecule has 0 radical (unpaired) electrons. The van der Waals surface area contributed by atoms with Crippen molar-refractivity contribution in [3.8, 4) is 6.07 Å². The molecule has 2 atom stereocenters. The molecule has 1 rings (SSSR count). The van der Waals surface area contributed by atoms with E-state index in [4.69, 9.17) is 4.74 Å². The third-order valence-electron chi connectivity index (χ3n) is 3.85. The first-order chi connectivity index (χ1) is 9.00. The van der Waals surface area contributed by atoms with Gasteiger partial charge < -0.3 is 9.64 Å². The van der Waals surface area contributed by atoms with Crippen LogP contribution in [0.15, 0.2) is 0 Å². The van der Waals surface area contributed by atoms with E-state index in [0.717, 1.165) is 12.8 Å². The fraction of sp³-hybridized carbons (Fsp3) is 0.867. The van der Waals surface area contributed by atoms with Gasteiger partial charge in [-0.2, -0.15) is 5.26 Å². The minimum absolute atomic E-state index is 0.00125. The van der Waals surface area contributed by atoms with Crippen LogP contribution in [0.25, 0.3) is 0 Å². The maximum atomic E-state index is 12.8. The van der Waals surface area contributed by atoms with Gasteiger partial charge >= 0.3 is 0 Å². The number of hydrogen-bond donors (Lipinski definition) is 0. The van der Waals surface area contributed by atoms with Crippen molar-refractivity contribution in [2.45, 2.75) is 65.5 Å². The number of nitriles is 1. The summed E-state index contributed by atoms with van der Waals surface area (Å²) in [4.78, 5) is 14.7. The molecule has 1 fully saturated rings. The zero-order valence-corrected chi connectivity index (χ0v) is 12.6. The summed E-state index contributed by atoms with van der Waals surface area (Å²) in [7, 11) is 0. The maximum Gasteiger partial charge on any atom is 0.243 e. The molecule has 108 valence electrons. The number of nitrogens with zero attached hydrogens (tertiary/aromatic N) is 2. The highest BCUT2D eigenvalue weighted by Crippen LogP contribution is 2.33. The summed E-state index contributed by atoms with van der Waals surface area (Å²) in [5.74, 6) is 0.00125. The van der Waals surface area contributed by atoms with E-state index in [1.54, 1.807) is 0 Å². The molecule has 4 nitrogen and oxygen atoms in total. The van der Waals surface area contributed by atoms with Crippen molar-refractivity contribution in [2.24, 2.45) is 5.41 Å². The van der Waals surface area contributed by atoms with Gasteiger partial charge in [0.2, 0.25) is 5.91 Å². The smallest absolute Gasteiger partial charge is 0.243 e. The van der Waals surface area contributed by atoms with Gasteiger partial charge in [-0.05, 0) is 26.7 Å². The lowest BCUT2D eigenvalue weighted by molar-refractivity contribution is -0.152. The molecule has 0 aromatic heterocycles. The van der Waals surface area contributed by atoms with Crippen LogP contribution >= 0.6 is 0 Å². The number of rotatable bonds is 5. The summed E-state index contributed by atoms with van der Waals surface area (Å²) in [6.07, 6.45) is 3.06. The molecule has 19 heavy (non-hydrogen) atoms. The lowest BCUT2D eigenvalue weighted by Crippen LogP contribution is -2.54. The summed E-state index contributed by atoms with van der Waals surface area (Å²) in [6.45, 7) is 9.17. The Kier molecular flexibility index (Phi) is 5.81. The lowest BCUT2D eigenvalue weighted by atomic mass is 9.79. The SMILES string of the molecule is CCCC(C#N)(CCC)C(=O)N1CC(C)OCC1C. The van der Waals surface area contributed by atoms with E-state index in [-0.39, 0.29) is 18.1 Å². The molecule has 0 spiro atoms. The van der Waals surface area contributed by atoms with Crippen molar-refractivity contribution < 1.29 is 9.53 Å². The van der Waals surface area contributed by atoms with Crippen molar-refractivity contribution in [1.29, 1.82) is 5.26 Å². The number of hydrogen-bond acceptors (Lipinski definition) is 3. The predicted molar refractivity (Wildman–Crippen MR) is 74.5 cm³/mol. The average Bonchev–Trinajstić information content (AvgIpc) is 2.40. The fourth-order valence-electron chi connectivity index (χ4n) is 2.81. The average molecular weight is 266 g/mol. The second-order valence-corrected chi connectivity index (χ2v) is 5.64. The van der Waals surface area contributed by atoms with E-state index >= 15 is 0 Å². The van der Waals surface area contributed by atoms with Crippen molar-refractivity contribution in [2.75, 3.05) is 13.2 Å². The molecule has 1 aliphatic heterocycles. The Morgan fingerprint density at radius 2 is 1.95 bits per heavy atom. The summed E-state index contributed by atoms with van der Waals surface area (Å²) in [6, 6.07) is 2.38. The van der Waals surface area contributed by atoms with E-state index in [1.165, 1.54) is 0 Å². The van der Waals surface area contributed by atoms with Crippen molar-refractivity contribution in [3.63, 3.8) is 0 Å². The van der Waals surface area contributed by atoms with Crippen LogP contribution in [0.3, 0.4) is 0 Å². The Labute approximate surface area is 116 Å². The number of carbonyl (C=O) groups is 1. The van der Waals surface area contributed by atoms with Crippen LogP contribution in [0.5, 0.6) is 0 Å². The topological polar surface area (TPSA) is 53.3 Å². The molecule has 1 saturated heterocycles. The normalized spacial score (nSPS) is 24.1. The predicted octanol–water partition coefficient (Wildman–Crippen LogP) is 2.73. The number of carbonyl (C=O) groups excluding carboxylic acids is 1. The zero-order valence-electron chi connectivity index (χ0n) is 12.6. The standard InChI is InChI=1S/C15H26N2O2/c1-5-7-15(11-16,8-6-2)14(18)17-9-13(4)19-10-12(17)3/h12-13H,5-10H2,1-4H3. The summed E-state index contributed by atoms with van der Waals surface area (Å²) in [5.41, 5.74) is -0.838. The highest BCUT2D eigenvalue weighted by molar-refractivity contribution is 5.85. The van der Waals surface area contributed by atoms with Gasteiger partial charge in [0.25, 0.3) is 0 Å². The van der Waals surface area contributed by atoms with Gasteiger partial charge in [-0.1, -0.05) is 26.7 Å². The van der Waals surface area contributed by atoms with Gasteiger partial charge in [0.1, 0.15) is 5.41 Å². The quantitative estimate of drug-likeness (QED) is 0.769. The van der Waals surface area contributed by atoms with Crippen molar-refractivity contribution in [3.05, 3.63) is 0 Å². The molecule has 0 bridgehead atoms. The van der Waals surface area contributed by atoms with Crippen LogP contribution in [-0.2, 0) is 9.53 Å².